The number of hydrogen-bond donors (Lipinski definition) is 1. The van der Waals surface area contributed by atoms with Gasteiger partial charge in [0, 0.05) is 5.56 Å². The lowest BCUT2D eigenvalue weighted by molar-refractivity contribution is 0.111. The van der Waals surface area contributed by atoms with E-state index in [9.17, 15) is 5.11 Å². The van der Waals surface area contributed by atoms with Gasteiger partial charge < -0.3 is 14.6 Å². The van der Waals surface area contributed by atoms with Gasteiger partial charge in [0.1, 0.15) is 5.76 Å². The summed E-state index contributed by atoms with van der Waals surface area (Å²) in [5.41, 5.74) is 4.01. The lowest BCUT2D eigenvalue weighted by Crippen LogP contribution is -2.42. The van der Waals surface area contributed by atoms with Gasteiger partial charge in [0.2, 0.25) is 0 Å². The first-order valence-electron chi connectivity index (χ1n) is 7.39. The van der Waals surface area contributed by atoms with Crippen LogP contribution in [0.25, 0.3) is 0 Å². The van der Waals surface area contributed by atoms with E-state index < -0.39 is 0 Å². The van der Waals surface area contributed by atoms with Crippen LogP contribution in [0.1, 0.15) is 17.5 Å². The summed E-state index contributed by atoms with van der Waals surface area (Å²) in [6, 6.07) is 4.36. The summed E-state index contributed by atoms with van der Waals surface area (Å²) < 4.78 is 11.7. The Hall–Kier alpha value is -1.94. The maximum absolute atomic E-state index is 10.3. The first-order valence-corrected chi connectivity index (χ1v) is 7.39. The Bertz CT molecular complexity index is 810. The predicted molar refractivity (Wildman–Crippen MR) is 75.2 cm³/mol. The molecule has 2 spiro atoms. The minimum absolute atomic E-state index is 0.110. The Balaban J connectivity index is 1.76. The van der Waals surface area contributed by atoms with Gasteiger partial charge in [0.15, 0.2) is 17.6 Å². The minimum atomic E-state index is -0.120. The second-order valence-corrected chi connectivity index (χ2v) is 6.82. The van der Waals surface area contributed by atoms with Crippen LogP contribution < -0.4 is 4.74 Å². The monoisotopic (exact) mass is 281 g/mol. The fourth-order valence-corrected chi connectivity index (χ4v) is 5.66. The van der Waals surface area contributed by atoms with Crippen LogP contribution in [0.2, 0.25) is 0 Å². The predicted octanol–water partition coefficient (Wildman–Crippen LogP) is 1.79. The number of benzene rings is 1. The van der Waals surface area contributed by atoms with Gasteiger partial charge in [-0.2, -0.15) is 0 Å². The molecule has 2 fully saturated rings. The van der Waals surface area contributed by atoms with Gasteiger partial charge >= 0.3 is 0 Å². The van der Waals surface area contributed by atoms with Crippen molar-refractivity contribution in [3.8, 4) is 11.5 Å². The standard InChI is InChI=1S/C17H15NO3/c1-18-14-9-4-6-11(20-2)15-16(9)7-17(14,18)8-3-5-10(19)13(21-15)12(8)16/h3-6,14-15,19H,7H2,1-2H3/t14-,15-,16-,17?,18?/m0/s1. The van der Waals surface area contributed by atoms with Crippen molar-refractivity contribution in [3.05, 3.63) is 46.7 Å². The summed E-state index contributed by atoms with van der Waals surface area (Å²) >= 11 is 0. The summed E-state index contributed by atoms with van der Waals surface area (Å²) in [6.45, 7) is 0. The number of allylic oxidation sites excluding steroid dienone is 2. The number of phenols is 1. The number of likely N-dealkylation sites (tertiary alicyclic amines) is 1. The van der Waals surface area contributed by atoms with Crippen LogP contribution in [0.4, 0.5) is 0 Å². The van der Waals surface area contributed by atoms with Crippen molar-refractivity contribution in [2.75, 3.05) is 14.2 Å². The molecule has 2 bridgehead atoms. The summed E-state index contributed by atoms with van der Waals surface area (Å²) in [5, 5.41) is 10.3. The first kappa shape index (κ1) is 10.7. The zero-order chi connectivity index (χ0) is 14.1. The van der Waals surface area contributed by atoms with Gasteiger partial charge in [-0.05, 0) is 36.7 Å². The molecule has 5 aliphatic rings. The smallest absolute Gasteiger partial charge is 0.169 e. The molecule has 1 aromatic rings. The first-order chi connectivity index (χ1) is 10.2. The van der Waals surface area contributed by atoms with Gasteiger partial charge in [-0.3, -0.25) is 4.90 Å². The molecule has 0 aromatic heterocycles. The third kappa shape index (κ3) is 0.764. The van der Waals surface area contributed by atoms with Crippen molar-refractivity contribution in [3.63, 3.8) is 0 Å². The Morgan fingerprint density at radius 1 is 1.38 bits per heavy atom. The lowest BCUT2D eigenvalue weighted by atomic mass is 9.69. The largest absolute Gasteiger partial charge is 0.504 e. The maximum atomic E-state index is 10.3. The Labute approximate surface area is 122 Å². The van der Waals surface area contributed by atoms with E-state index in [1.54, 1.807) is 13.2 Å². The van der Waals surface area contributed by atoms with Crippen LogP contribution in [0.5, 0.6) is 11.5 Å². The van der Waals surface area contributed by atoms with Crippen molar-refractivity contribution in [1.29, 1.82) is 0 Å². The number of piperidine rings is 1. The number of likely N-dealkylation sites (N-methyl/N-ethyl adjacent to an activating group) is 1. The number of nitrogens with zero attached hydrogens (tertiary/aromatic N) is 1. The molecule has 0 radical (unpaired) electrons. The molecule has 3 aliphatic carbocycles. The third-order valence-corrected chi connectivity index (χ3v) is 6.41. The highest BCUT2D eigenvalue weighted by atomic mass is 16.5. The Morgan fingerprint density at radius 2 is 2.24 bits per heavy atom. The normalized spacial score (nSPS) is 45.5. The molecular formula is C17H15NO3. The number of hydrogen-bond acceptors (Lipinski definition) is 4. The van der Waals surface area contributed by atoms with Crippen LogP contribution >= 0.6 is 0 Å². The highest BCUT2D eigenvalue weighted by Gasteiger charge is 2.83. The van der Waals surface area contributed by atoms with Gasteiger partial charge in [0.25, 0.3) is 0 Å². The molecule has 2 heterocycles. The summed E-state index contributed by atoms with van der Waals surface area (Å²) in [4.78, 5) is 2.46. The van der Waals surface area contributed by atoms with Crippen LogP contribution in [0, 0.1) is 0 Å². The molecule has 1 aromatic carbocycles. The molecular weight excluding hydrogens is 266 g/mol. The fourth-order valence-electron chi connectivity index (χ4n) is 5.66. The summed E-state index contributed by atoms with van der Waals surface area (Å²) in [5.74, 6) is 1.78. The third-order valence-electron chi connectivity index (χ3n) is 6.41. The molecule has 1 saturated heterocycles. The van der Waals surface area contributed by atoms with E-state index in [0.29, 0.717) is 11.8 Å². The number of rotatable bonds is 1. The van der Waals surface area contributed by atoms with Crippen LogP contribution in [-0.4, -0.2) is 36.3 Å². The number of methoxy groups -OCH3 is 1. The molecule has 5 atom stereocenters. The molecule has 106 valence electrons. The Kier molecular flexibility index (Phi) is 1.38. The van der Waals surface area contributed by atoms with Crippen LogP contribution in [-0.2, 0) is 15.7 Å². The molecule has 21 heavy (non-hydrogen) atoms. The average molecular weight is 281 g/mol. The van der Waals surface area contributed by atoms with Crippen molar-refractivity contribution in [1.82, 2.24) is 4.90 Å². The molecule has 1 saturated carbocycles. The zero-order valence-corrected chi connectivity index (χ0v) is 11.9. The quantitative estimate of drug-likeness (QED) is 0.797. The highest BCUT2D eigenvalue weighted by molar-refractivity contribution is 5.76. The van der Waals surface area contributed by atoms with E-state index in [2.05, 4.69) is 24.1 Å². The van der Waals surface area contributed by atoms with E-state index in [1.165, 1.54) is 16.7 Å². The molecule has 2 unspecified atom stereocenters. The maximum Gasteiger partial charge on any atom is 0.169 e. The molecule has 2 aliphatic heterocycles. The van der Waals surface area contributed by atoms with Crippen LogP contribution in [0.3, 0.4) is 0 Å². The Morgan fingerprint density at radius 3 is 3.05 bits per heavy atom. The molecule has 0 amide bonds. The van der Waals surface area contributed by atoms with Crippen molar-refractivity contribution >= 4 is 0 Å². The van der Waals surface area contributed by atoms with Crippen molar-refractivity contribution in [2.24, 2.45) is 0 Å². The van der Waals surface area contributed by atoms with E-state index in [-0.39, 0.29) is 22.8 Å². The SMILES string of the molecule is COC1=CC=C2[C@@H]3N(C)C34C[C@@]23c2c4ccc(O)c2O[C@@H]13. The van der Waals surface area contributed by atoms with Gasteiger partial charge in [-0.15, -0.1) is 0 Å². The average Bonchev–Trinajstić information content (AvgIpc) is 2.83. The number of ether oxygens (including phenoxy) is 2. The van der Waals surface area contributed by atoms with E-state index in [0.717, 1.165) is 12.2 Å². The van der Waals surface area contributed by atoms with Crippen molar-refractivity contribution in [2.45, 2.75) is 29.5 Å². The summed E-state index contributed by atoms with van der Waals surface area (Å²) in [7, 11) is 3.89. The van der Waals surface area contributed by atoms with E-state index >= 15 is 0 Å². The van der Waals surface area contributed by atoms with E-state index in [4.69, 9.17) is 9.47 Å². The summed E-state index contributed by atoms with van der Waals surface area (Å²) in [6.07, 6.45) is 5.18. The molecule has 6 rings (SSSR count). The molecule has 1 N–H and O–H groups in total. The number of aromatic hydroxyl groups is 1. The second kappa shape index (κ2) is 2.71. The minimum Gasteiger partial charge on any atom is -0.504 e. The van der Waals surface area contributed by atoms with Crippen molar-refractivity contribution < 1.29 is 14.6 Å². The molecule has 4 nitrogen and oxygen atoms in total. The number of phenolic OH excluding ortho intramolecular Hbond substituents is 1. The number of fused-ring (bicyclic) bond motifs is 1. The van der Waals surface area contributed by atoms with Gasteiger partial charge in [0.05, 0.1) is 24.1 Å². The van der Waals surface area contributed by atoms with Gasteiger partial charge in [-0.25, -0.2) is 0 Å². The van der Waals surface area contributed by atoms with Gasteiger partial charge in [-0.1, -0.05) is 12.1 Å². The topological polar surface area (TPSA) is 41.7 Å². The fraction of sp³-hybridized carbons (Fsp3) is 0.412. The lowest BCUT2D eigenvalue weighted by Gasteiger charge is -2.35. The van der Waals surface area contributed by atoms with Crippen LogP contribution in [0.15, 0.2) is 35.6 Å². The highest BCUT2D eigenvalue weighted by Crippen LogP contribution is 2.79. The second-order valence-electron chi connectivity index (χ2n) is 6.82. The van der Waals surface area contributed by atoms with E-state index in [1.807, 2.05) is 6.08 Å². The zero-order valence-electron chi connectivity index (χ0n) is 11.9. The molecule has 4 heteroatoms.